The van der Waals surface area contributed by atoms with Gasteiger partial charge in [0, 0.05) is 13.2 Å². The highest BCUT2D eigenvalue weighted by molar-refractivity contribution is 5.95. The number of ether oxygens (including phenoxy) is 1. The number of rotatable bonds is 9. The minimum atomic E-state index is -0.393. The van der Waals surface area contributed by atoms with Crippen LogP contribution < -0.4 is 5.32 Å². The molecule has 1 heterocycles. The first kappa shape index (κ1) is 18.9. The molecule has 0 aliphatic carbocycles. The number of benzene rings is 1. The highest BCUT2D eigenvalue weighted by Gasteiger charge is 2.19. The maximum atomic E-state index is 12.2. The molecule has 0 spiro atoms. The predicted molar refractivity (Wildman–Crippen MR) is 96.8 cm³/mol. The lowest BCUT2D eigenvalue weighted by atomic mass is 10.1. The second kappa shape index (κ2) is 9.74. The summed E-state index contributed by atoms with van der Waals surface area (Å²) in [6.07, 6.45) is 3.57. The molecule has 0 bridgehead atoms. The fraction of sp³-hybridized carbons (Fsp3) is 0.421. The summed E-state index contributed by atoms with van der Waals surface area (Å²) < 4.78 is 5.13. The SMILES string of the molecule is CCOC(=O)c1c(CC)ncnc1NCCc1ccc(CCO)cc1. The smallest absolute Gasteiger partial charge is 0.343 e. The Labute approximate surface area is 148 Å². The molecule has 25 heavy (non-hydrogen) atoms. The Balaban J connectivity index is 2.03. The van der Waals surface area contributed by atoms with Gasteiger partial charge in [0.15, 0.2) is 0 Å². The molecule has 2 aromatic rings. The van der Waals surface area contributed by atoms with Gasteiger partial charge >= 0.3 is 5.97 Å². The normalized spacial score (nSPS) is 10.5. The molecule has 0 amide bonds. The summed E-state index contributed by atoms with van der Waals surface area (Å²) in [7, 11) is 0. The highest BCUT2D eigenvalue weighted by atomic mass is 16.5. The van der Waals surface area contributed by atoms with Crippen LogP contribution in [0.2, 0.25) is 0 Å². The number of nitrogens with one attached hydrogen (secondary N) is 1. The number of carbonyl (C=O) groups is 1. The van der Waals surface area contributed by atoms with E-state index in [1.807, 2.05) is 19.1 Å². The van der Waals surface area contributed by atoms with Gasteiger partial charge in [0.2, 0.25) is 0 Å². The summed E-state index contributed by atoms with van der Waals surface area (Å²) in [5.41, 5.74) is 3.40. The van der Waals surface area contributed by atoms with Crippen molar-refractivity contribution in [2.24, 2.45) is 0 Å². The maximum absolute atomic E-state index is 12.2. The number of carbonyl (C=O) groups excluding carboxylic acids is 1. The summed E-state index contributed by atoms with van der Waals surface area (Å²) in [5.74, 6) is 0.123. The third kappa shape index (κ3) is 5.26. The van der Waals surface area contributed by atoms with E-state index in [-0.39, 0.29) is 6.61 Å². The number of aliphatic hydroxyl groups is 1. The molecule has 0 atom stereocenters. The summed E-state index contributed by atoms with van der Waals surface area (Å²) >= 11 is 0. The van der Waals surface area contributed by atoms with Crippen molar-refractivity contribution in [1.29, 1.82) is 0 Å². The summed E-state index contributed by atoms with van der Waals surface area (Å²) in [6, 6.07) is 8.15. The molecule has 0 unspecified atom stereocenters. The van der Waals surface area contributed by atoms with E-state index in [0.717, 1.165) is 12.0 Å². The molecule has 0 aliphatic rings. The van der Waals surface area contributed by atoms with Gasteiger partial charge in [-0.15, -0.1) is 0 Å². The van der Waals surface area contributed by atoms with Crippen molar-refractivity contribution in [3.8, 4) is 0 Å². The van der Waals surface area contributed by atoms with E-state index in [2.05, 4.69) is 27.4 Å². The number of aliphatic hydroxyl groups excluding tert-OH is 1. The van der Waals surface area contributed by atoms with Gasteiger partial charge in [0.1, 0.15) is 17.7 Å². The first-order chi connectivity index (χ1) is 12.2. The van der Waals surface area contributed by atoms with E-state index >= 15 is 0 Å². The molecule has 2 N–H and O–H groups in total. The highest BCUT2D eigenvalue weighted by Crippen LogP contribution is 2.17. The van der Waals surface area contributed by atoms with Crippen LogP contribution in [0.3, 0.4) is 0 Å². The van der Waals surface area contributed by atoms with Crippen molar-refractivity contribution in [2.45, 2.75) is 33.1 Å². The first-order valence-electron chi connectivity index (χ1n) is 8.63. The van der Waals surface area contributed by atoms with Gasteiger partial charge in [-0.2, -0.15) is 0 Å². The van der Waals surface area contributed by atoms with Crippen LogP contribution in [0.5, 0.6) is 0 Å². The van der Waals surface area contributed by atoms with Gasteiger partial charge in [-0.05, 0) is 37.3 Å². The number of hydrogen-bond donors (Lipinski definition) is 2. The number of aromatic nitrogens is 2. The van der Waals surface area contributed by atoms with Crippen LogP contribution in [0.15, 0.2) is 30.6 Å². The summed E-state index contributed by atoms with van der Waals surface area (Å²) in [5, 5.41) is 12.2. The number of esters is 1. The van der Waals surface area contributed by atoms with E-state index < -0.39 is 5.97 Å². The van der Waals surface area contributed by atoms with Crippen molar-refractivity contribution in [3.63, 3.8) is 0 Å². The van der Waals surface area contributed by atoms with Crippen molar-refractivity contribution >= 4 is 11.8 Å². The van der Waals surface area contributed by atoms with Gasteiger partial charge in [-0.3, -0.25) is 0 Å². The van der Waals surface area contributed by atoms with Crippen LogP contribution in [-0.2, 0) is 24.0 Å². The Hall–Kier alpha value is -2.47. The van der Waals surface area contributed by atoms with Crippen molar-refractivity contribution < 1.29 is 14.6 Å². The Morgan fingerprint density at radius 2 is 1.80 bits per heavy atom. The molecule has 1 aromatic carbocycles. The van der Waals surface area contributed by atoms with Gasteiger partial charge in [-0.25, -0.2) is 14.8 Å². The number of aryl methyl sites for hydroxylation is 1. The van der Waals surface area contributed by atoms with Crippen LogP contribution in [0.25, 0.3) is 0 Å². The number of hydrogen-bond acceptors (Lipinski definition) is 6. The van der Waals surface area contributed by atoms with Crippen LogP contribution >= 0.6 is 0 Å². The van der Waals surface area contributed by atoms with Crippen LogP contribution in [0.1, 0.15) is 41.0 Å². The Kier molecular flexibility index (Phi) is 7.35. The fourth-order valence-electron chi connectivity index (χ4n) is 2.57. The van der Waals surface area contributed by atoms with Crippen LogP contribution in [-0.4, -0.2) is 40.8 Å². The molecule has 0 aliphatic heterocycles. The zero-order valence-electron chi connectivity index (χ0n) is 14.8. The molecular weight excluding hydrogens is 318 g/mol. The van der Waals surface area contributed by atoms with E-state index in [9.17, 15) is 4.79 Å². The largest absolute Gasteiger partial charge is 0.462 e. The monoisotopic (exact) mass is 343 g/mol. The predicted octanol–water partition coefficient (Wildman–Crippen LogP) is 2.41. The average Bonchev–Trinajstić information content (AvgIpc) is 2.63. The second-order valence-electron chi connectivity index (χ2n) is 5.58. The lowest BCUT2D eigenvalue weighted by Gasteiger charge is -2.13. The van der Waals surface area contributed by atoms with Crippen molar-refractivity contribution in [2.75, 3.05) is 25.1 Å². The number of anilines is 1. The molecule has 6 nitrogen and oxygen atoms in total. The second-order valence-corrected chi connectivity index (χ2v) is 5.58. The first-order valence-corrected chi connectivity index (χ1v) is 8.63. The van der Waals surface area contributed by atoms with E-state index in [1.165, 1.54) is 11.9 Å². The molecule has 1 aromatic heterocycles. The van der Waals surface area contributed by atoms with Crippen molar-refractivity contribution in [3.05, 3.63) is 53.0 Å². The van der Waals surface area contributed by atoms with E-state index in [4.69, 9.17) is 9.84 Å². The lowest BCUT2D eigenvalue weighted by Crippen LogP contribution is -2.16. The Morgan fingerprint density at radius 1 is 1.12 bits per heavy atom. The Morgan fingerprint density at radius 3 is 2.40 bits per heavy atom. The van der Waals surface area contributed by atoms with Gasteiger partial charge in [-0.1, -0.05) is 31.2 Å². The third-order valence-corrected chi connectivity index (χ3v) is 3.87. The third-order valence-electron chi connectivity index (χ3n) is 3.87. The average molecular weight is 343 g/mol. The summed E-state index contributed by atoms with van der Waals surface area (Å²) in [6.45, 7) is 4.84. The standard InChI is InChI=1S/C19H25N3O3/c1-3-16-17(19(24)25-4-2)18(22-13-21-16)20-11-9-14-5-7-15(8-6-14)10-12-23/h5-8,13,23H,3-4,9-12H2,1-2H3,(H,20,21,22). The topological polar surface area (TPSA) is 84.3 Å². The van der Waals surface area contributed by atoms with E-state index in [1.54, 1.807) is 6.92 Å². The molecule has 0 fully saturated rings. The minimum absolute atomic E-state index is 0.158. The summed E-state index contributed by atoms with van der Waals surface area (Å²) in [4.78, 5) is 20.6. The van der Waals surface area contributed by atoms with Gasteiger partial charge in [0.05, 0.1) is 12.3 Å². The van der Waals surface area contributed by atoms with Crippen LogP contribution in [0, 0.1) is 0 Å². The molecule has 134 valence electrons. The fourth-order valence-corrected chi connectivity index (χ4v) is 2.57. The molecule has 0 saturated carbocycles. The minimum Gasteiger partial charge on any atom is -0.462 e. The zero-order valence-corrected chi connectivity index (χ0v) is 14.8. The quantitative estimate of drug-likeness (QED) is 0.680. The maximum Gasteiger partial charge on any atom is 0.343 e. The molecule has 2 rings (SSSR count). The van der Waals surface area contributed by atoms with Gasteiger partial charge < -0.3 is 15.2 Å². The van der Waals surface area contributed by atoms with E-state index in [0.29, 0.717) is 43.1 Å². The van der Waals surface area contributed by atoms with Gasteiger partial charge in [0.25, 0.3) is 0 Å². The molecule has 0 saturated heterocycles. The molecule has 6 heteroatoms. The zero-order chi connectivity index (χ0) is 18.1. The Bertz CT molecular complexity index is 687. The van der Waals surface area contributed by atoms with Crippen LogP contribution in [0.4, 0.5) is 5.82 Å². The number of nitrogens with zero attached hydrogens (tertiary/aromatic N) is 2. The van der Waals surface area contributed by atoms with Crippen molar-refractivity contribution in [1.82, 2.24) is 9.97 Å². The molecular formula is C19H25N3O3. The lowest BCUT2D eigenvalue weighted by molar-refractivity contribution is 0.0525. The molecule has 0 radical (unpaired) electrons.